The number of nitrogens with zero attached hydrogens (tertiary/aromatic N) is 2. The smallest absolute Gasteiger partial charge is 0.318 e. The highest BCUT2D eigenvalue weighted by Gasteiger charge is 2.54. The van der Waals surface area contributed by atoms with Crippen LogP contribution in [0.15, 0.2) is 24.3 Å². The van der Waals surface area contributed by atoms with Crippen molar-refractivity contribution in [3.05, 3.63) is 46.9 Å². The van der Waals surface area contributed by atoms with Gasteiger partial charge < -0.3 is 20.6 Å². The number of aromatic nitrogens is 2. The molecular weight excluding hydrogens is 489 g/mol. The van der Waals surface area contributed by atoms with Gasteiger partial charge in [-0.3, -0.25) is 9.89 Å². The van der Waals surface area contributed by atoms with Crippen LogP contribution in [0.3, 0.4) is 0 Å². The summed E-state index contributed by atoms with van der Waals surface area (Å²) in [7, 11) is -1.76. The second-order valence-electron chi connectivity index (χ2n) is 12.8. The molecule has 0 saturated heterocycles. The lowest BCUT2D eigenvalue weighted by atomic mass is 9.81. The van der Waals surface area contributed by atoms with Gasteiger partial charge in [-0.25, -0.2) is 9.18 Å². The van der Waals surface area contributed by atoms with Crippen molar-refractivity contribution in [3.8, 4) is 0 Å². The van der Waals surface area contributed by atoms with E-state index in [4.69, 9.17) is 0 Å². The molecule has 0 radical (unpaired) electrons. The van der Waals surface area contributed by atoms with Crippen molar-refractivity contribution in [2.45, 2.75) is 89.8 Å². The van der Waals surface area contributed by atoms with Gasteiger partial charge in [0.2, 0.25) is 5.91 Å². The fourth-order valence-electron chi connectivity index (χ4n) is 5.72. The molecule has 1 aromatic carbocycles. The highest BCUT2D eigenvalue weighted by atomic mass is 28.3. The Balaban J connectivity index is 1.58. The molecule has 1 atom stereocenters. The molecule has 1 aliphatic carbocycles. The summed E-state index contributed by atoms with van der Waals surface area (Å²) in [4.78, 5) is 28.7. The molecule has 1 fully saturated rings. The first-order valence-electron chi connectivity index (χ1n) is 13.0. The zero-order valence-corrected chi connectivity index (χ0v) is 24.0. The molecule has 3 amide bonds. The lowest BCUT2D eigenvalue weighted by molar-refractivity contribution is -0.121. The molecule has 0 spiro atoms. The molecule has 2 heterocycles. The summed E-state index contributed by atoms with van der Waals surface area (Å²) in [5.41, 5.74) is 0.299. The lowest BCUT2D eigenvalue weighted by Crippen LogP contribution is -2.52. The number of fused-ring (bicyclic) bond motifs is 1. The number of anilines is 1. The quantitative estimate of drug-likeness (QED) is 0.366. The number of benzene rings is 1. The van der Waals surface area contributed by atoms with Gasteiger partial charge in [0.25, 0.3) is 0 Å². The number of urea groups is 1. The minimum absolute atomic E-state index is 0.0252. The van der Waals surface area contributed by atoms with Crippen LogP contribution in [0, 0.1) is 11.2 Å². The standard InChI is InChI=1S/C27H40FN5O3Si/c1-25(2,16-34)20(17-11-8-9-12-19(17)28)29-24(36)33-15-18-21(26(33,3)4)31-32-22(18)30-23(35)27(13-10-14-27)37(5,6)7/h8-9,11-12,20,34H,10,13-16H2,1-7H3,(H,29,36)(H2,30,31,32,35). The SMILES string of the molecule is CC(C)(CO)C(NC(=O)N1Cc2c(NC(=O)C3([Si](C)(C)C)CCC3)n[nH]c2C1(C)C)c1ccccc1F. The Hall–Kier alpha value is -2.72. The summed E-state index contributed by atoms with van der Waals surface area (Å²) in [5.74, 6) is 0.0493. The summed E-state index contributed by atoms with van der Waals surface area (Å²) in [6.45, 7) is 14.1. The normalized spacial score (nSPS) is 19.1. The average Bonchev–Trinajstić information content (AvgIpc) is 3.28. The number of carbonyl (C=O) groups is 2. The van der Waals surface area contributed by atoms with E-state index in [2.05, 4.69) is 40.5 Å². The van der Waals surface area contributed by atoms with Gasteiger partial charge in [0.1, 0.15) is 5.82 Å². The second kappa shape index (κ2) is 9.23. The van der Waals surface area contributed by atoms with Gasteiger partial charge in [-0.05, 0) is 32.8 Å². The third kappa shape index (κ3) is 4.48. The lowest BCUT2D eigenvalue weighted by Gasteiger charge is -2.48. The van der Waals surface area contributed by atoms with E-state index in [-0.39, 0.29) is 30.1 Å². The first-order valence-corrected chi connectivity index (χ1v) is 16.5. The monoisotopic (exact) mass is 529 g/mol. The highest BCUT2D eigenvalue weighted by Crippen LogP contribution is 2.56. The number of H-pyrrole nitrogens is 1. The van der Waals surface area contributed by atoms with Crippen LogP contribution >= 0.6 is 0 Å². The van der Waals surface area contributed by atoms with Gasteiger partial charge in [-0.1, -0.05) is 58.1 Å². The number of rotatable bonds is 7. The third-order valence-corrected chi connectivity index (χ3v) is 12.3. The predicted molar refractivity (Wildman–Crippen MR) is 144 cm³/mol. The van der Waals surface area contributed by atoms with Crippen molar-refractivity contribution in [2.24, 2.45) is 5.41 Å². The van der Waals surface area contributed by atoms with E-state index in [0.29, 0.717) is 11.4 Å². The first-order chi connectivity index (χ1) is 17.2. The van der Waals surface area contributed by atoms with Crippen molar-refractivity contribution in [1.29, 1.82) is 0 Å². The average molecular weight is 530 g/mol. The third-order valence-electron chi connectivity index (χ3n) is 8.70. The molecule has 10 heteroatoms. The van der Waals surface area contributed by atoms with Crippen LogP contribution in [0.1, 0.15) is 69.8 Å². The maximum absolute atomic E-state index is 14.7. The molecular formula is C27H40FN5O3Si. The molecule has 8 nitrogen and oxygen atoms in total. The number of aliphatic hydroxyl groups is 1. The maximum atomic E-state index is 14.7. The van der Waals surface area contributed by atoms with Crippen LogP contribution < -0.4 is 10.6 Å². The Morgan fingerprint density at radius 1 is 1.24 bits per heavy atom. The predicted octanol–water partition coefficient (Wildman–Crippen LogP) is 5.27. The van der Waals surface area contributed by atoms with Crippen LogP contribution in [0.25, 0.3) is 0 Å². The molecule has 4 N–H and O–H groups in total. The highest BCUT2D eigenvalue weighted by molar-refractivity contribution is 6.83. The van der Waals surface area contributed by atoms with Crippen LogP contribution in [0.4, 0.5) is 15.0 Å². The van der Waals surface area contributed by atoms with Gasteiger partial charge in [-0.15, -0.1) is 0 Å². The van der Waals surface area contributed by atoms with E-state index in [1.807, 2.05) is 13.8 Å². The molecule has 1 saturated carbocycles. The van der Waals surface area contributed by atoms with Crippen LogP contribution in [-0.2, 0) is 16.9 Å². The van der Waals surface area contributed by atoms with Gasteiger partial charge in [0, 0.05) is 21.6 Å². The molecule has 4 rings (SSSR count). The van der Waals surface area contributed by atoms with Crippen molar-refractivity contribution in [3.63, 3.8) is 0 Å². The number of carbonyl (C=O) groups excluding carboxylic acids is 2. The Labute approximate surface area is 219 Å². The van der Waals surface area contributed by atoms with Crippen molar-refractivity contribution < 1.29 is 19.1 Å². The topological polar surface area (TPSA) is 110 Å². The van der Waals surface area contributed by atoms with E-state index in [1.54, 1.807) is 36.9 Å². The summed E-state index contributed by atoms with van der Waals surface area (Å²) >= 11 is 0. The Bertz CT molecular complexity index is 1200. The van der Waals surface area contributed by atoms with E-state index < -0.39 is 30.9 Å². The van der Waals surface area contributed by atoms with E-state index in [1.165, 1.54) is 6.07 Å². The molecule has 202 valence electrons. The molecule has 1 aromatic heterocycles. The van der Waals surface area contributed by atoms with Gasteiger partial charge in [-0.2, -0.15) is 5.10 Å². The minimum Gasteiger partial charge on any atom is -0.396 e. The summed E-state index contributed by atoms with van der Waals surface area (Å²) < 4.78 is 14.7. The Kier molecular flexibility index (Phi) is 6.82. The number of aliphatic hydroxyl groups excluding tert-OH is 1. The second-order valence-corrected chi connectivity index (χ2v) is 18.2. The fraction of sp³-hybridized carbons (Fsp3) is 0.593. The number of halogens is 1. The molecule has 37 heavy (non-hydrogen) atoms. The zero-order valence-electron chi connectivity index (χ0n) is 23.0. The molecule has 2 aliphatic rings. The van der Waals surface area contributed by atoms with Gasteiger partial charge in [0.15, 0.2) is 5.82 Å². The fourth-order valence-corrected chi connectivity index (χ4v) is 8.31. The summed E-state index contributed by atoms with van der Waals surface area (Å²) in [5, 5.41) is 23.3. The number of aromatic amines is 1. The van der Waals surface area contributed by atoms with Gasteiger partial charge >= 0.3 is 6.03 Å². The molecule has 1 unspecified atom stereocenters. The van der Waals surface area contributed by atoms with Crippen molar-refractivity contribution in [1.82, 2.24) is 20.4 Å². The van der Waals surface area contributed by atoms with E-state index in [0.717, 1.165) is 30.5 Å². The largest absolute Gasteiger partial charge is 0.396 e. The Morgan fingerprint density at radius 2 is 1.89 bits per heavy atom. The van der Waals surface area contributed by atoms with Crippen LogP contribution in [-0.4, -0.2) is 46.8 Å². The van der Waals surface area contributed by atoms with Crippen LogP contribution in [0.5, 0.6) is 0 Å². The summed E-state index contributed by atoms with van der Waals surface area (Å²) in [6.07, 6.45) is 2.86. The minimum atomic E-state index is -1.76. The first kappa shape index (κ1) is 27.3. The molecule has 2 aromatic rings. The van der Waals surface area contributed by atoms with Crippen LogP contribution in [0.2, 0.25) is 24.7 Å². The van der Waals surface area contributed by atoms with Crippen molar-refractivity contribution in [2.75, 3.05) is 11.9 Å². The summed E-state index contributed by atoms with van der Waals surface area (Å²) in [6, 6.07) is 5.14. The number of hydrogen-bond donors (Lipinski definition) is 4. The number of hydrogen-bond acceptors (Lipinski definition) is 4. The molecule has 1 aliphatic heterocycles. The zero-order chi connectivity index (χ0) is 27.4. The Morgan fingerprint density at radius 3 is 2.43 bits per heavy atom. The molecule has 0 bridgehead atoms. The van der Waals surface area contributed by atoms with E-state index >= 15 is 0 Å². The van der Waals surface area contributed by atoms with Crippen molar-refractivity contribution >= 4 is 25.8 Å². The van der Waals surface area contributed by atoms with E-state index in [9.17, 15) is 19.1 Å². The number of amides is 3. The number of nitrogens with one attached hydrogen (secondary N) is 3. The van der Waals surface area contributed by atoms with Gasteiger partial charge in [0.05, 0.1) is 38.5 Å². The maximum Gasteiger partial charge on any atom is 0.318 e.